The number of carbonyl (C=O) groups excluding carboxylic acids is 3. The Kier molecular flexibility index (Phi) is 10.9. The van der Waals surface area contributed by atoms with E-state index in [0.29, 0.717) is 38.8 Å². The van der Waals surface area contributed by atoms with E-state index in [4.69, 9.17) is 0 Å². The van der Waals surface area contributed by atoms with Gasteiger partial charge in [-0.1, -0.05) is 75.2 Å². The van der Waals surface area contributed by atoms with Crippen molar-refractivity contribution in [1.29, 1.82) is 0 Å². The van der Waals surface area contributed by atoms with E-state index in [2.05, 4.69) is 42.6 Å². The van der Waals surface area contributed by atoms with E-state index >= 15 is 0 Å². The van der Waals surface area contributed by atoms with Gasteiger partial charge in [0, 0.05) is 19.0 Å². The van der Waals surface area contributed by atoms with Gasteiger partial charge >= 0.3 is 0 Å². The molecule has 0 spiro atoms. The summed E-state index contributed by atoms with van der Waals surface area (Å²) in [6.07, 6.45) is 3.97. The van der Waals surface area contributed by atoms with Crippen molar-refractivity contribution >= 4 is 17.7 Å². The van der Waals surface area contributed by atoms with Crippen LogP contribution in [0.1, 0.15) is 70.4 Å². The van der Waals surface area contributed by atoms with Crippen LogP contribution >= 0.6 is 0 Å². The molecule has 3 amide bonds. The van der Waals surface area contributed by atoms with Gasteiger partial charge in [0.15, 0.2) is 0 Å². The number of nitrogens with one attached hydrogen (secondary N) is 2. The predicted octanol–water partition coefficient (Wildman–Crippen LogP) is 5.24. The van der Waals surface area contributed by atoms with E-state index in [9.17, 15) is 19.6 Å². The number of likely N-dealkylation sites (tertiary alicyclic amines) is 1. The maximum Gasteiger partial charge on any atom is 0.247 e. The van der Waals surface area contributed by atoms with Crippen molar-refractivity contribution in [3.63, 3.8) is 0 Å². The zero-order chi connectivity index (χ0) is 27.7. The molecule has 0 radical (unpaired) electrons. The van der Waals surface area contributed by atoms with Gasteiger partial charge in [0.1, 0.15) is 6.04 Å². The Morgan fingerprint density at radius 2 is 1.74 bits per heavy atom. The van der Waals surface area contributed by atoms with Crippen LogP contribution in [0.2, 0.25) is 0 Å². The number of hydrogen-bond donors (Lipinski definition) is 3. The molecule has 7 nitrogen and oxygen atoms in total. The zero-order valence-corrected chi connectivity index (χ0v) is 23.2. The molecular weight excluding hydrogens is 478 g/mol. The Hall–Kier alpha value is -3.19. The molecule has 1 saturated heterocycles. The first-order chi connectivity index (χ1) is 18.2. The molecule has 2 aromatic rings. The maximum atomic E-state index is 13.6. The normalized spacial score (nSPS) is 17.6. The molecule has 38 heavy (non-hydrogen) atoms. The summed E-state index contributed by atoms with van der Waals surface area (Å²) >= 11 is 0. The van der Waals surface area contributed by atoms with Crippen molar-refractivity contribution in [3.8, 4) is 11.1 Å². The molecule has 1 aliphatic rings. The number of rotatable bonds is 11. The molecule has 1 fully saturated rings. The van der Waals surface area contributed by atoms with E-state index in [1.807, 2.05) is 43.9 Å². The van der Waals surface area contributed by atoms with E-state index < -0.39 is 23.8 Å². The largest absolute Gasteiger partial charge is 0.344 e. The van der Waals surface area contributed by atoms with E-state index in [-0.39, 0.29) is 17.7 Å². The quantitative estimate of drug-likeness (QED) is 0.278. The van der Waals surface area contributed by atoms with E-state index in [0.717, 1.165) is 29.5 Å². The summed E-state index contributed by atoms with van der Waals surface area (Å²) in [4.78, 5) is 41.4. The first-order valence-corrected chi connectivity index (χ1v) is 13.9. The molecule has 3 atom stereocenters. The molecule has 0 aromatic heterocycles. The molecule has 3 unspecified atom stereocenters. The summed E-state index contributed by atoms with van der Waals surface area (Å²) in [5.41, 5.74) is 6.24. The highest BCUT2D eigenvalue weighted by Crippen LogP contribution is 2.27. The van der Waals surface area contributed by atoms with Gasteiger partial charge in [-0.05, 0) is 67.7 Å². The molecule has 2 aromatic carbocycles. The number of hydrogen-bond acceptors (Lipinski definition) is 4. The van der Waals surface area contributed by atoms with Gasteiger partial charge < -0.3 is 10.2 Å². The minimum absolute atomic E-state index is 0.0845. The van der Waals surface area contributed by atoms with Gasteiger partial charge in [-0.25, -0.2) is 5.48 Å². The fourth-order valence-corrected chi connectivity index (χ4v) is 5.44. The van der Waals surface area contributed by atoms with Gasteiger partial charge in [-0.2, -0.15) is 0 Å². The van der Waals surface area contributed by atoms with Crippen molar-refractivity contribution in [2.24, 2.45) is 17.8 Å². The third-order valence-corrected chi connectivity index (χ3v) is 7.34. The molecule has 0 aliphatic carbocycles. The Labute approximate surface area is 227 Å². The Morgan fingerprint density at radius 1 is 1.03 bits per heavy atom. The second kappa shape index (κ2) is 14.1. The predicted molar refractivity (Wildman–Crippen MR) is 149 cm³/mol. The van der Waals surface area contributed by atoms with Crippen LogP contribution in [0.3, 0.4) is 0 Å². The summed E-state index contributed by atoms with van der Waals surface area (Å²) in [6.45, 7) is 9.15. The van der Waals surface area contributed by atoms with Crippen LogP contribution in [-0.4, -0.2) is 40.4 Å². The van der Waals surface area contributed by atoms with E-state index in [1.165, 1.54) is 5.56 Å². The Morgan fingerprint density at radius 3 is 2.39 bits per heavy atom. The summed E-state index contributed by atoms with van der Waals surface area (Å²) in [5, 5.41) is 12.3. The molecule has 0 saturated carbocycles. The number of carbonyl (C=O) groups is 3. The van der Waals surface area contributed by atoms with Crippen molar-refractivity contribution in [1.82, 2.24) is 15.7 Å². The standard InChI is InChI=1S/C31H43N3O4/c1-5-10-26(30(36)33-38)27(17-21(2)3)29(35)32-28-15-6-7-16-34(31(28)37)20-23-12-9-14-25(19-23)24-13-8-11-22(4)18-24/h8-9,11-14,18-19,21,26-28,38H,5-7,10,15-17,20H2,1-4H3,(H,32,35)(H,33,36). The molecule has 0 bridgehead atoms. The maximum absolute atomic E-state index is 13.6. The Balaban J connectivity index is 1.76. The molecular formula is C31H43N3O4. The van der Waals surface area contributed by atoms with Crippen LogP contribution in [0, 0.1) is 24.7 Å². The lowest BCUT2D eigenvalue weighted by Crippen LogP contribution is -2.51. The smallest absolute Gasteiger partial charge is 0.247 e. The number of hydroxylamine groups is 1. The number of benzene rings is 2. The molecule has 3 N–H and O–H groups in total. The molecule has 206 valence electrons. The summed E-state index contributed by atoms with van der Waals surface area (Å²) in [5.74, 6) is -2.00. The first kappa shape index (κ1) is 29.4. The van der Waals surface area contributed by atoms with Gasteiger partial charge in [0.2, 0.25) is 17.7 Å². The van der Waals surface area contributed by atoms with Crippen LogP contribution in [-0.2, 0) is 20.9 Å². The second-order valence-corrected chi connectivity index (χ2v) is 11.0. The average Bonchev–Trinajstić information content (AvgIpc) is 3.06. The van der Waals surface area contributed by atoms with Crippen LogP contribution in [0.15, 0.2) is 48.5 Å². The molecule has 1 heterocycles. The lowest BCUT2D eigenvalue weighted by atomic mass is 9.81. The molecule has 7 heteroatoms. The number of nitrogens with zero attached hydrogens (tertiary/aromatic N) is 1. The summed E-state index contributed by atoms with van der Waals surface area (Å²) in [6, 6.07) is 16.0. The highest BCUT2D eigenvalue weighted by molar-refractivity contribution is 5.91. The SMILES string of the molecule is CCCC(C(=O)NO)C(CC(C)C)C(=O)NC1CCCCN(Cc2cccc(-c3cccc(C)c3)c2)C1=O. The lowest BCUT2D eigenvalue weighted by molar-refractivity contribution is -0.143. The van der Waals surface area contributed by atoms with Crippen molar-refractivity contribution in [3.05, 3.63) is 59.7 Å². The van der Waals surface area contributed by atoms with Gasteiger partial charge in [0.05, 0.1) is 5.92 Å². The van der Waals surface area contributed by atoms with Crippen molar-refractivity contribution < 1.29 is 19.6 Å². The number of aryl methyl sites for hydroxylation is 1. The second-order valence-electron chi connectivity index (χ2n) is 11.0. The van der Waals surface area contributed by atoms with Crippen LogP contribution in [0.5, 0.6) is 0 Å². The highest BCUT2D eigenvalue weighted by Gasteiger charge is 2.36. The van der Waals surface area contributed by atoms with Gasteiger partial charge in [-0.3, -0.25) is 19.6 Å². The summed E-state index contributed by atoms with van der Waals surface area (Å²) < 4.78 is 0. The van der Waals surface area contributed by atoms with Gasteiger partial charge in [-0.15, -0.1) is 0 Å². The fourth-order valence-electron chi connectivity index (χ4n) is 5.44. The monoisotopic (exact) mass is 521 g/mol. The third kappa shape index (κ3) is 7.90. The topological polar surface area (TPSA) is 98.7 Å². The van der Waals surface area contributed by atoms with Gasteiger partial charge in [0.25, 0.3) is 0 Å². The van der Waals surface area contributed by atoms with E-state index in [1.54, 1.807) is 5.48 Å². The van der Waals surface area contributed by atoms with Crippen molar-refractivity contribution in [2.75, 3.05) is 6.54 Å². The third-order valence-electron chi connectivity index (χ3n) is 7.34. The average molecular weight is 522 g/mol. The minimum Gasteiger partial charge on any atom is -0.344 e. The number of amides is 3. The highest BCUT2D eigenvalue weighted by atomic mass is 16.5. The molecule has 1 aliphatic heterocycles. The summed E-state index contributed by atoms with van der Waals surface area (Å²) in [7, 11) is 0. The van der Waals surface area contributed by atoms with Crippen LogP contribution < -0.4 is 10.8 Å². The van der Waals surface area contributed by atoms with Crippen molar-refractivity contribution in [2.45, 2.75) is 78.8 Å². The minimum atomic E-state index is -0.645. The molecule has 3 rings (SSSR count). The first-order valence-electron chi connectivity index (χ1n) is 13.9. The zero-order valence-electron chi connectivity index (χ0n) is 23.2. The van der Waals surface area contributed by atoms with Crippen LogP contribution in [0.4, 0.5) is 0 Å². The van der Waals surface area contributed by atoms with Crippen LogP contribution in [0.25, 0.3) is 11.1 Å². The Bertz CT molecular complexity index is 1100. The fraction of sp³-hybridized carbons (Fsp3) is 0.516. The lowest BCUT2D eigenvalue weighted by Gasteiger charge is -2.29.